The predicted molar refractivity (Wildman–Crippen MR) is 107 cm³/mol. The molecule has 2 aromatic rings. The zero-order valence-corrected chi connectivity index (χ0v) is 16.8. The third-order valence-electron chi connectivity index (χ3n) is 5.37. The summed E-state index contributed by atoms with van der Waals surface area (Å²) in [5.41, 5.74) is 2.05. The fourth-order valence-corrected chi connectivity index (χ4v) is 3.79. The van der Waals surface area contributed by atoms with Gasteiger partial charge in [-0.2, -0.15) is 0 Å². The Bertz CT molecular complexity index is 919. The molecule has 1 aliphatic rings. The van der Waals surface area contributed by atoms with Crippen molar-refractivity contribution in [1.29, 1.82) is 0 Å². The summed E-state index contributed by atoms with van der Waals surface area (Å²) in [4.78, 5) is 41.0. The molecule has 1 aromatic heterocycles. The Morgan fingerprint density at radius 1 is 1.14 bits per heavy atom. The van der Waals surface area contributed by atoms with Gasteiger partial charge >= 0.3 is 11.9 Å². The van der Waals surface area contributed by atoms with Crippen LogP contribution in [0.2, 0.25) is 0 Å². The highest BCUT2D eigenvalue weighted by Crippen LogP contribution is 2.25. The maximum atomic E-state index is 12.3. The molecule has 0 atom stereocenters. The van der Waals surface area contributed by atoms with Crippen molar-refractivity contribution in [2.45, 2.75) is 45.6 Å². The van der Waals surface area contributed by atoms with Crippen LogP contribution in [0.1, 0.15) is 53.7 Å². The number of pyridine rings is 1. The molecule has 1 fully saturated rings. The van der Waals surface area contributed by atoms with Crippen LogP contribution in [0.15, 0.2) is 24.3 Å². The molecule has 3 rings (SSSR count). The van der Waals surface area contributed by atoms with Crippen LogP contribution in [0.5, 0.6) is 0 Å². The maximum Gasteiger partial charge on any atom is 0.340 e. The van der Waals surface area contributed by atoms with Crippen LogP contribution in [0, 0.1) is 12.8 Å². The van der Waals surface area contributed by atoms with Gasteiger partial charge in [-0.3, -0.25) is 9.59 Å². The number of benzene rings is 1. The summed E-state index contributed by atoms with van der Waals surface area (Å²) >= 11 is 0. The summed E-state index contributed by atoms with van der Waals surface area (Å²) in [5.74, 6) is -1.22. The number of methoxy groups -OCH3 is 1. The molecule has 1 heterocycles. The highest BCUT2D eigenvalue weighted by Gasteiger charge is 2.23. The molecule has 0 radical (unpaired) electrons. The van der Waals surface area contributed by atoms with Crippen molar-refractivity contribution >= 4 is 28.7 Å². The van der Waals surface area contributed by atoms with Gasteiger partial charge in [-0.25, -0.2) is 9.78 Å². The normalized spacial score (nSPS) is 14.4. The Balaban J connectivity index is 1.66. The Morgan fingerprint density at radius 2 is 1.86 bits per heavy atom. The molecule has 1 aromatic carbocycles. The fraction of sp³-hybridized carbons (Fsp3) is 0.455. The largest absolute Gasteiger partial charge is 0.465 e. The molecule has 0 unspecified atom stereocenters. The van der Waals surface area contributed by atoms with Gasteiger partial charge in [0.1, 0.15) is 13.2 Å². The van der Waals surface area contributed by atoms with Gasteiger partial charge in [-0.1, -0.05) is 37.5 Å². The molecule has 29 heavy (non-hydrogen) atoms. The number of para-hydroxylation sites is 1. The van der Waals surface area contributed by atoms with Crippen LogP contribution in [0.25, 0.3) is 10.9 Å². The summed E-state index contributed by atoms with van der Waals surface area (Å²) in [6.45, 7) is 1.44. The number of nitrogens with zero attached hydrogens (tertiary/aromatic N) is 1. The van der Waals surface area contributed by atoms with Crippen molar-refractivity contribution in [3.8, 4) is 0 Å². The molecule has 0 saturated heterocycles. The van der Waals surface area contributed by atoms with E-state index in [1.165, 1.54) is 7.11 Å². The molecular weight excluding hydrogens is 372 g/mol. The average molecular weight is 398 g/mol. The van der Waals surface area contributed by atoms with Crippen molar-refractivity contribution in [1.82, 2.24) is 10.3 Å². The quantitative estimate of drug-likeness (QED) is 0.752. The second-order valence-corrected chi connectivity index (χ2v) is 7.28. The lowest BCUT2D eigenvalue weighted by atomic mass is 9.89. The summed E-state index contributed by atoms with van der Waals surface area (Å²) in [6, 6.07) is 7.43. The van der Waals surface area contributed by atoms with Gasteiger partial charge in [0.25, 0.3) is 0 Å². The monoisotopic (exact) mass is 398 g/mol. The second kappa shape index (κ2) is 9.49. The number of carbonyl (C=O) groups excluding carboxylic acids is 3. The average Bonchev–Trinajstić information content (AvgIpc) is 2.76. The molecule has 0 aliphatic heterocycles. The molecule has 7 nitrogen and oxygen atoms in total. The number of carbonyl (C=O) groups is 3. The minimum Gasteiger partial charge on any atom is -0.465 e. The van der Waals surface area contributed by atoms with E-state index >= 15 is 0 Å². The summed E-state index contributed by atoms with van der Waals surface area (Å²) < 4.78 is 10.2. The van der Waals surface area contributed by atoms with Gasteiger partial charge < -0.3 is 14.8 Å². The Kier molecular flexibility index (Phi) is 6.80. The number of nitrogens with one attached hydrogen (secondary N) is 1. The summed E-state index contributed by atoms with van der Waals surface area (Å²) in [7, 11) is 1.30. The van der Waals surface area contributed by atoms with E-state index in [1.54, 1.807) is 0 Å². The van der Waals surface area contributed by atoms with E-state index in [0.717, 1.165) is 43.1 Å². The van der Waals surface area contributed by atoms with E-state index in [2.05, 4.69) is 10.3 Å². The molecule has 154 valence electrons. The number of rotatable bonds is 6. The molecule has 1 aliphatic carbocycles. The van der Waals surface area contributed by atoms with Crippen LogP contribution >= 0.6 is 0 Å². The number of aryl methyl sites for hydroxylation is 1. The lowest BCUT2D eigenvalue weighted by Crippen LogP contribution is -2.36. The molecule has 7 heteroatoms. The van der Waals surface area contributed by atoms with Crippen molar-refractivity contribution in [2.75, 3.05) is 13.7 Å². The van der Waals surface area contributed by atoms with Crippen LogP contribution in [0.4, 0.5) is 0 Å². The van der Waals surface area contributed by atoms with E-state index in [1.807, 2.05) is 31.2 Å². The van der Waals surface area contributed by atoms with E-state index < -0.39 is 11.9 Å². The van der Waals surface area contributed by atoms with Crippen molar-refractivity contribution in [2.24, 2.45) is 5.92 Å². The smallest absolute Gasteiger partial charge is 0.340 e. The van der Waals surface area contributed by atoms with Gasteiger partial charge in [0, 0.05) is 11.3 Å². The first-order chi connectivity index (χ1) is 14.0. The number of amides is 1. The molecule has 1 amide bonds. The van der Waals surface area contributed by atoms with E-state index in [0.29, 0.717) is 16.8 Å². The molecule has 0 bridgehead atoms. The molecular formula is C22H26N2O5. The summed E-state index contributed by atoms with van der Waals surface area (Å²) in [6.07, 6.45) is 4.98. The van der Waals surface area contributed by atoms with Crippen LogP contribution in [0.3, 0.4) is 0 Å². The second-order valence-electron chi connectivity index (χ2n) is 7.28. The van der Waals surface area contributed by atoms with Crippen LogP contribution in [-0.4, -0.2) is 36.5 Å². The molecule has 0 spiro atoms. The zero-order valence-electron chi connectivity index (χ0n) is 16.8. The number of hydrogen-bond donors (Lipinski definition) is 1. The lowest BCUT2D eigenvalue weighted by molar-refractivity contribution is -0.145. The topological polar surface area (TPSA) is 94.6 Å². The lowest BCUT2D eigenvalue weighted by Gasteiger charge is -2.20. The zero-order chi connectivity index (χ0) is 20.8. The Morgan fingerprint density at radius 3 is 2.59 bits per heavy atom. The van der Waals surface area contributed by atoms with Crippen molar-refractivity contribution in [3.05, 3.63) is 41.1 Å². The number of aromatic nitrogens is 1. The van der Waals surface area contributed by atoms with Gasteiger partial charge in [-0.15, -0.1) is 0 Å². The van der Waals surface area contributed by atoms with Crippen molar-refractivity contribution < 1.29 is 23.9 Å². The third kappa shape index (κ3) is 4.91. The SMILES string of the molecule is COC(=O)c1c(COC(=O)CNC(=O)C2CCCCC2)nc2ccccc2c1C. The summed E-state index contributed by atoms with van der Waals surface area (Å²) in [5, 5.41) is 3.49. The van der Waals surface area contributed by atoms with Gasteiger partial charge in [-0.05, 0) is 31.4 Å². The van der Waals surface area contributed by atoms with E-state index in [9.17, 15) is 14.4 Å². The molecule has 1 N–H and O–H groups in total. The maximum absolute atomic E-state index is 12.3. The first-order valence-corrected chi connectivity index (χ1v) is 9.91. The Hall–Kier alpha value is -2.96. The van der Waals surface area contributed by atoms with Gasteiger partial charge in [0.15, 0.2) is 0 Å². The number of esters is 2. The predicted octanol–water partition coefficient (Wildman–Crippen LogP) is 3.07. The Labute approximate surface area is 169 Å². The first kappa shape index (κ1) is 20.8. The standard InChI is InChI=1S/C22H26N2O5/c1-14-16-10-6-7-11-17(16)24-18(20(14)22(27)28-2)13-29-19(25)12-23-21(26)15-8-4-3-5-9-15/h6-7,10-11,15H,3-5,8-9,12-13H2,1-2H3,(H,23,26). The van der Waals surface area contributed by atoms with E-state index in [4.69, 9.17) is 9.47 Å². The van der Waals surface area contributed by atoms with E-state index in [-0.39, 0.29) is 25.0 Å². The number of ether oxygens (including phenoxy) is 2. The van der Waals surface area contributed by atoms with Gasteiger partial charge in [0.05, 0.1) is 23.9 Å². The fourth-order valence-electron chi connectivity index (χ4n) is 3.79. The van der Waals surface area contributed by atoms with Gasteiger partial charge in [0.2, 0.25) is 5.91 Å². The number of hydrogen-bond acceptors (Lipinski definition) is 6. The van der Waals surface area contributed by atoms with Crippen molar-refractivity contribution in [3.63, 3.8) is 0 Å². The minimum absolute atomic E-state index is 0.0210. The minimum atomic E-state index is -0.572. The molecule has 1 saturated carbocycles. The van der Waals surface area contributed by atoms with Crippen LogP contribution in [-0.2, 0) is 25.7 Å². The highest BCUT2D eigenvalue weighted by atomic mass is 16.5. The highest BCUT2D eigenvalue weighted by molar-refractivity contribution is 5.98. The third-order valence-corrected chi connectivity index (χ3v) is 5.37. The number of fused-ring (bicyclic) bond motifs is 1. The first-order valence-electron chi connectivity index (χ1n) is 9.91. The van der Waals surface area contributed by atoms with Crippen LogP contribution < -0.4 is 5.32 Å².